The van der Waals surface area contributed by atoms with Crippen LogP contribution in [0.5, 0.6) is 0 Å². The van der Waals surface area contributed by atoms with Crippen molar-refractivity contribution in [3.8, 4) is 0 Å². The smallest absolute Gasteiger partial charge is 0.445 e. The zero-order chi connectivity index (χ0) is 12.9. The summed E-state index contributed by atoms with van der Waals surface area (Å²) in [6, 6.07) is 9.70. The Hall–Kier alpha value is 0.411. The van der Waals surface area contributed by atoms with E-state index in [0.29, 0.717) is 6.54 Å². The molecule has 0 unspecified atom stereocenters. The quantitative estimate of drug-likeness (QED) is 0.669. The fourth-order valence-electron chi connectivity index (χ4n) is 1.49. The first-order valence-electron chi connectivity index (χ1n) is 5.49. The predicted molar refractivity (Wildman–Crippen MR) is 65.9 cm³/mol. The Morgan fingerprint density at radius 1 is 1.22 bits per heavy atom. The molecule has 0 spiro atoms. The van der Waals surface area contributed by atoms with Crippen LogP contribution in [0.15, 0.2) is 42.4 Å². The number of likely N-dealkylation sites (N-methyl/N-ethyl adjacent to an activating group) is 1. The molecule has 18 heavy (non-hydrogen) atoms. The fraction of sp³-hybridized carbons (Fsp3) is 0.333. The van der Waals surface area contributed by atoms with Crippen molar-refractivity contribution in [2.45, 2.75) is 6.42 Å². The Morgan fingerprint density at radius 2 is 1.78 bits per heavy atom. The van der Waals surface area contributed by atoms with Crippen molar-refractivity contribution < 1.29 is 64.3 Å². The number of hydrogen-bond donors (Lipinski definition) is 0. The van der Waals surface area contributed by atoms with E-state index in [1.54, 1.807) is 11.9 Å². The van der Waals surface area contributed by atoms with Crippen molar-refractivity contribution in [2.75, 3.05) is 20.1 Å². The van der Waals surface area contributed by atoms with E-state index < -0.39 is 12.4 Å². The number of halogens is 3. The summed E-state index contributed by atoms with van der Waals surface area (Å²) in [6.45, 7) is -1.35. The topological polar surface area (TPSA) is 3.24 Å². The summed E-state index contributed by atoms with van der Waals surface area (Å²) in [6.07, 6.45) is 0.746. The molecule has 1 rings (SSSR count). The van der Waals surface area contributed by atoms with Crippen molar-refractivity contribution >= 4 is 6.98 Å². The zero-order valence-electron chi connectivity index (χ0n) is 10.9. The van der Waals surface area contributed by atoms with E-state index in [2.05, 4.69) is 6.58 Å². The molecule has 0 bridgehead atoms. The zero-order valence-corrected chi connectivity index (χ0v) is 14.0. The molecular weight excluding hydrogens is 265 g/mol. The summed E-state index contributed by atoms with van der Waals surface area (Å²) in [5.41, 5.74) is 0.489. The molecule has 0 aliphatic carbocycles. The SMILES string of the molecule is C=C(CN(C)CCc1ccccc1)[B-](F)(F)F.[K+]. The average Bonchev–Trinajstić information content (AvgIpc) is 2.26. The molecule has 0 aromatic heterocycles. The van der Waals surface area contributed by atoms with E-state index in [4.69, 9.17) is 0 Å². The van der Waals surface area contributed by atoms with E-state index in [1.807, 2.05) is 30.3 Å². The molecule has 1 aromatic carbocycles. The Kier molecular flexibility index (Phi) is 8.75. The number of rotatable bonds is 6. The Morgan fingerprint density at radius 3 is 2.28 bits per heavy atom. The largest absolute Gasteiger partial charge is 1.00 e. The van der Waals surface area contributed by atoms with Crippen molar-refractivity contribution in [1.82, 2.24) is 4.90 Å². The Balaban J connectivity index is 0.00000289. The standard InChI is InChI=1S/C12H16BF3N.K/c1-11(13(14,15)16)10-17(2)9-8-12-6-4-3-5-7-12;/h3-7H,1,8-10H2,2H3;/q-1;+1. The van der Waals surface area contributed by atoms with Crippen LogP contribution >= 0.6 is 0 Å². The maximum absolute atomic E-state index is 12.3. The summed E-state index contributed by atoms with van der Waals surface area (Å²) in [4.78, 5) is 1.64. The van der Waals surface area contributed by atoms with Gasteiger partial charge in [0.2, 0.25) is 0 Å². The van der Waals surface area contributed by atoms with Gasteiger partial charge in [-0.2, -0.15) is 0 Å². The first-order chi connectivity index (χ1) is 7.89. The van der Waals surface area contributed by atoms with Crippen LogP contribution in [-0.4, -0.2) is 32.0 Å². The molecule has 0 radical (unpaired) electrons. The summed E-state index contributed by atoms with van der Waals surface area (Å²) in [5, 5.41) is 0. The first kappa shape index (κ1) is 18.4. The van der Waals surface area contributed by atoms with Gasteiger partial charge in [-0.05, 0) is 25.6 Å². The molecule has 1 nitrogen and oxygen atoms in total. The van der Waals surface area contributed by atoms with Crippen LogP contribution in [0.3, 0.4) is 0 Å². The molecule has 0 saturated carbocycles. The van der Waals surface area contributed by atoms with E-state index in [0.717, 1.165) is 12.0 Å². The minimum Gasteiger partial charge on any atom is -0.445 e. The summed E-state index contributed by atoms with van der Waals surface area (Å²) in [7, 11) is 1.68. The van der Waals surface area contributed by atoms with Crippen LogP contribution in [0.25, 0.3) is 0 Å². The van der Waals surface area contributed by atoms with Crippen molar-refractivity contribution in [3.63, 3.8) is 0 Å². The molecule has 0 saturated heterocycles. The third-order valence-electron chi connectivity index (χ3n) is 2.56. The van der Waals surface area contributed by atoms with Gasteiger partial charge < -0.3 is 17.8 Å². The molecule has 0 amide bonds. The van der Waals surface area contributed by atoms with Gasteiger partial charge in [0.15, 0.2) is 0 Å². The van der Waals surface area contributed by atoms with Crippen LogP contribution in [-0.2, 0) is 6.42 Å². The first-order valence-corrected chi connectivity index (χ1v) is 5.49. The summed E-state index contributed by atoms with van der Waals surface area (Å²) < 4.78 is 36.9. The van der Waals surface area contributed by atoms with Crippen LogP contribution < -0.4 is 51.4 Å². The molecule has 0 N–H and O–H groups in total. The van der Waals surface area contributed by atoms with Gasteiger partial charge in [-0.25, -0.2) is 0 Å². The van der Waals surface area contributed by atoms with E-state index in [1.165, 1.54) is 0 Å². The summed E-state index contributed by atoms with van der Waals surface area (Å²) in [5.74, 6) is 0. The van der Waals surface area contributed by atoms with Crippen molar-refractivity contribution in [1.29, 1.82) is 0 Å². The van der Waals surface area contributed by atoms with Gasteiger partial charge in [0.25, 0.3) is 0 Å². The minimum absolute atomic E-state index is 0. The number of nitrogens with zero attached hydrogens (tertiary/aromatic N) is 1. The average molecular weight is 281 g/mol. The van der Waals surface area contributed by atoms with E-state index in [-0.39, 0.29) is 57.9 Å². The summed E-state index contributed by atoms with van der Waals surface area (Å²) >= 11 is 0. The molecule has 94 valence electrons. The molecule has 0 heterocycles. The third kappa shape index (κ3) is 7.11. The second kappa shape index (κ2) is 8.56. The maximum atomic E-state index is 12.3. The Bertz CT molecular complexity index is 367. The number of hydrogen-bond acceptors (Lipinski definition) is 1. The van der Waals surface area contributed by atoms with E-state index >= 15 is 0 Å². The molecule has 6 heteroatoms. The fourth-order valence-corrected chi connectivity index (χ4v) is 1.49. The van der Waals surface area contributed by atoms with Gasteiger partial charge in [-0.3, -0.25) is 0 Å². The van der Waals surface area contributed by atoms with Gasteiger partial charge in [0.1, 0.15) is 0 Å². The number of benzene rings is 1. The van der Waals surface area contributed by atoms with Gasteiger partial charge >= 0.3 is 58.4 Å². The molecule has 1 aromatic rings. The van der Waals surface area contributed by atoms with Crippen molar-refractivity contribution in [3.05, 3.63) is 47.9 Å². The predicted octanol–water partition coefficient (Wildman–Crippen LogP) is 0.108. The Labute approximate surface area is 149 Å². The minimum atomic E-state index is -4.91. The monoisotopic (exact) mass is 281 g/mol. The molecule has 0 fully saturated rings. The molecular formula is C12H16BF3KN. The molecule has 0 atom stereocenters. The van der Waals surface area contributed by atoms with Gasteiger partial charge in [0, 0.05) is 6.54 Å². The van der Waals surface area contributed by atoms with Gasteiger partial charge in [0.05, 0.1) is 0 Å². The van der Waals surface area contributed by atoms with Gasteiger partial charge in [-0.1, -0.05) is 30.3 Å². The second-order valence-corrected chi connectivity index (χ2v) is 4.21. The maximum Gasteiger partial charge on any atom is 1.00 e. The van der Waals surface area contributed by atoms with Crippen LogP contribution in [0, 0.1) is 0 Å². The van der Waals surface area contributed by atoms with E-state index in [9.17, 15) is 12.9 Å². The van der Waals surface area contributed by atoms with Gasteiger partial charge in [-0.15, -0.1) is 12.1 Å². The van der Waals surface area contributed by atoms with Crippen molar-refractivity contribution in [2.24, 2.45) is 0 Å². The van der Waals surface area contributed by atoms with Crippen LogP contribution in [0.4, 0.5) is 12.9 Å². The normalized spacial score (nSPS) is 11.2. The third-order valence-corrected chi connectivity index (χ3v) is 2.56. The molecule has 0 aliphatic rings. The van der Waals surface area contributed by atoms with Crippen LogP contribution in [0.1, 0.15) is 5.56 Å². The molecule has 0 aliphatic heterocycles. The van der Waals surface area contributed by atoms with Crippen LogP contribution in [0.2, 0.25) is 0 Å². The second-order valence-electron chi connectivity index (χ2n) is 4.21.